The minimum absolute atomic E-state index is 0.115. The number of hydrogen-bond donors (Lipinski definition) is 0. The summed E-state index contributed by atoms with van der Waals surface area (Å²) in [6.07, 6.45) is 6.04. The van der Waals surface area contributed by atoms with Crippen molar-refractivity contribution in [3.8, 4) is 0 Å². The highest BCUT2D eigenvalue weighted by Crippen LogP contribution is 2.20. The second-order valence-corrected chi connectivity index (χ2v) is 9.52. The van der Waals surface area contributed by atoms with Gasteiger partial charge in [0.2, 0.25) is 5.95 Å². The van der Waals surface area contributed by atoms with Gasteiger partial charge >= 0.3 is 5.97 Å². The molecule has 0 saturated carbocycles. The van der Waals surface area contributed by atoms with Crippen molar-refractivity contribution >= 4 is 21.8 Å². The molecule has 8 heteroatoms. The Morgan fingerprint density at radius 3 is 2.50 bits per heavy atom. The largest absolute Gasteiger partial charge is 0.460 e. The van der Waals surface area contributed by atoms with Crippen molar-refractivity contribution in [3.05, 3.63) is 18.0 Å². The molecule has 1 saturated heterocycles. The van der Waals surface area contributed by atoms with E-state index in [0.29, 0.717) is 24.5 Å². The molecule has 0 N–H and O–H groups in total. The Morgan fingerprint density at radius 1 is 1.33 bits per heavy atom. The van der Waals surface area contributed by atoms with E-state index in [4.69, 9.17) is 4.74 Å². The molecule has 1 aromatic heterocycles. The van der Waals surface area contributed by atoms with E-state index in [1.54, 1.807) is 12.4 Å². The van der Waals surface area contributed by atoms with Gasteiger partial charge in [-0.25, -0.2) is 18.4 Å². The van der Waals surface area contributed by atoms with Crippen LogP contribution in [-0.4, -0.2) is 54.6 Å². The highest BCUT2D eigenvalue weighted by atomic mass is 32.2. The quantitative estimate of drug-likeness (QED) is 0.754. The molecule has 1 aromatic rings. The predicted octanol–water partition coefficient (Wildman–Crippen LogP) is 1.37. The van der Waals surface area contributed by atoms with Gasteiger partial charge in [-0.1, -0.05) is 0 Å². The van der Waals surface area contributed by atoms with Crippen LogP contribution in [-0.2, 0) is 25.8 Å². The summed E-state index contributed by atoms with van der Waals surface area (Å²) in [6, 6.07) is 0. The number of anilines is 1. The van der Waals surface area contributed by atoms with Gasteiger partial charge in [0.05, 0.1) is 11.7 Å². The zero-order valence-electron chi connectivity index (χ0n) is 14.7. The summed E-state index contributed by atoms with van der Waals surface area (Å²) in [7, 11) is -3.07. The fraction of sp³-hybridized carbons (Fsp3) is 0.688. The first-order valence-electron chi connectivity index (χ1n) is 8.01. The normalized spacial score (nSPS) is 19.2. The molecule has 1 unspecified atom stereocenters. The zero-order chi connectivity index (χ0) is 18.0. The number of hydrogen-bond acceptors (Lipinski definition) is 7. The molecule has 1 aliphatic rings. The van der Waals surface area contributed by atoms with Crippen LogP contribution in [0.15, 0.2) is 12.4 Å². The fourth-order valence-electron chi connectivity index (χ4n) is 2.62. The summed E-state index contributed by atoms with van der Waals surface area (Å²) in [5.74, 6) is 0.172. The van der Waals surface area contributed by atoms with E-state index >= 15 is 0 Å². The van der Waals surface area contributed by atoms with Gasteiger partial charge in [0.15, 0.2) is 9.84 Å². The lowest BCUT2D eigenvalue weighted by molar-refractivity contribution is -0.153. The maximum Gasteiger partial charge on any atom is 0.310 e. The van der Waals surface area contributed by atoms with E-state index in [1.807, 2.05) is 25.7 Å². The van der Waals surface area contributed by atoms with E-state index < -0.39 is 15.4 Å². The number of rotatable bonds is 4. The summed E-state index contributed by atoms with van der Waals surface area (Å²) in [5.41, 5.74) is 0.150. The Kier molecular flexibility index (Phi) is 5.47. The van der Waals surface area contributed by atoms with E-state index in [0.717, 1.165) is 13.0 Å². The summed E-state index contributed by atoms with van der Waals surface area (Å²) in [6.45, 7) is 6.60. The first-order valence-corrected chi connectivity index (χ1v) is 9.96. The predicted molar refractivity (Wildman–Crippen MR) is 91.7 cm³/mol. The Morgan fingerprint density at radius 2 is 1.96 bits per heavy atom. The van der Waals surface area contributed by atoms with E-state index in [1.165, 1.54) is 6.26 Å². The van der Waals surface area contributed by atoms with E-state index in [2.05, 4.69) is 9.97 Å². The molecule has 134 valence electrons. The second-order valence-electron chi connectivity index (χ2n) is 7.19. The molecule has 0 bridgehead atoms. The average molecular weight is 355 g/mol. The molecule has 2 rings (SSSR count). The molecule has 24 heavy (non-hydrogen) atoms. The Hall–Kier alpha value is -1.70. The van der Waals surface area contributed by atoms with Gasteiger partial charge in [0.25, 0.3) is 0 Å². The highest BCUT2D eigenvalue weighted by Gasteiger charge is 2.28. The van der Waals surface area contributed by atoms with Crippen molar-refractivity contribution in [1.29, 1.82) is 0 Å². The fourth-order valence-corrected chi connectivity index (χ4v) is 3.66. The summed E-state index contributed by atoms with van der Waals surface area (Å²) >= 11 is 0. The molecule has 0 spiro atoms. The van der Waals surface area contributed by atoms with Crippen LogP contribution in [0.5, 0.6) is 0 Å². The Bertz CT molecular complexity index is 680. The number of carbonyl (C=O) groups excluding carboxylic acids is 1. The van der Waals surface area contributed by atoms with Crippen molar-refractivity contribution in [2.24, 2.45) is 0 Å². The lowest BCUT2D eigenvalue weighted by atomic mass is 10.1. The van der Waals surface area contributed by atoms with E-state index in [9.17, 15) is 13.2 Å². The van der Waals surface area contributed by atoms with Gasteiger partial charge in [0.1, 0.15) is 5.60 Å². The number of sulfone groups is 1. The number of piperidine rings is 1. The third-order valence-electron chi connectivity index (χ3n) is 3.73. The molecule has 0 aromatic carbocycles. The second kappa shape index (κ2) is 7.04. The lowest BCUT2D eigenvalue weighted by Gasteiger charge is -2.31. The van der Waals surface area contributed by atoms with Gasteiger partial charge < -0.3 is 9.64 Å². The molecule has 2 heterocycles. The molecule has 7 nitrogen and oxygen atoms in total. The third kappa shape index (κ3) is 5.43. The first-order chi connectivity index (χ1) is 11.0. The van der Waals surface area contributed by atoms with E-state index in [-0.39, 0.29) is 17.6 Å². The molecule has 1 fully saturated rings. The maximum atomic E-state index is 11.8. The Labute approximate surface area is 143 Å². The summed E-state index contributed by atoms with van der Waals surface area (Å²) < 4.78 is 28.7. The number of esters is 1. The van der Waals surface area contributed by atoms with Crippen molar-refractivity contribution in [2.75, 3.05) is 24.2 Å². The highest BCUT2D eigenvalue weighted by molar-refractivity contribution is 7.91. The minimum atomic E-state index is -3.07. The third-order valence-corrected chi connectivity index (χ3v) is 5.32. The molecule has 0 radical (unpaired) electrons. The summed E-state index contributed by atoms with van der Waals surface area (Å²) in [5, 5.41) is -0.378. The van der Waals surface area contributed by atoms with Crippen LogP contribution in [0.3, 0.4) is 0 Å². The number of aromatic nitrogens is 2. The van der Waals surface area contributed by atoms with Gasteiger partial charge in [-0.05, 0) is 33.6 Å². The van der Waals surface area contributed by atoms with Gasteiger partial charge in [-0.15, -0.1) is 0 Å². The van der Waals surface area contributed by atoms with Crippen LogP contribution in [0.1, 0.15) is 39.2 Å². The zero-order valence-corrected chi connectivity index (χ0v) is 15.5. The topological polar surface area (TPSA) is 89.5 Å². The van der Waals surface area contributed by atoms with Crippen molar-refractivity contribution < 1.29 is 17.9 Å². The smallest absolute Gasteiger partial charge is 0.310 e. The number of carbonyl (C=O) groups is 1. The standard InChI is InChI=1S/C16H25N3O4S/c1-16(2,3)23-14(20)8-12-9-17-15(18-10-12)19-7-5-6-13(11-19)24(4,21)22/h9-10,13H,5-8,11H2,1-4H3. The van der Waals surface area contributed by atoms with Crippen LogP contribution in [0, 0.1) is 0 Å². The maximum absolute atomic E-state index is 11.8. The first kappa shape index (κ1) is 18.6. The van der Waals surface area contributed by atoms with Crippen LogP contribution in [0.25, 0.3) is 0 Å². The average Bonchev–Trinajstić information content (AvgIpc) is 2.45. The minimum Gasteiger partial charge on any atom is -0.460 e. The van der Waals surface area contributed by atoms with Gasteiger partial charge in [-0.3, -0.25) is 4.79 Å². The van der Waals surface area contributed by atoms with Crippen molar-refractivity contribution in [2.45, 2.75) is 50.9 Å². The summed E-state index contributed by atoms with van der Waals surface area (Å²) in [4.78, 5) is 22.3. The van der Waals surface area contributed by atoms with Crippen LogP contribution in [0.2, 0.25) is 0 Å². The number of nitrogens with zero attached hydrogens (tertiary/aromatic N) is 3. The molecule has 0 aliphatic carbocycles. The molecule has 0 amide bonds. The van der Waals surface area contributed by atoms with Crippen LogP contribution < -0.4 is 4.90 Å². The molecule has 1 atom stereocenters. The monoisotopic (exact) mass is 355 g/mol. The molecular weight excluding hydrogens is 330 g/mol. The number of ether oxygens (including phenoxy) is 1. The van der Waals surface area contributed by atoms with Gasteiger partial charge in [0, 0.05) is 37.3 Å². The lowest BCUT2D eigenvalue weighted by Crippen LogP contribution is -2.42. The van der Waals surface area contributed by atoms with Crippen LogP contribution in [0.4, 0.5) is 5.95 Å². The van der Waals surface area contributed by atoms with Crippen molar-refractivity contribution in [1.82, 2.24) is 9.97 Å². The van der Waals surface area contributed by atoms with Crippen molar-refractivity contribution in [3.63, 3.8) is 0 Å². The van der Waals surface area contributed by atoms with Crippen LogP contribution >= 0.6 is 0 Å². The molecular formula is C16H25N3O4S. The van der Waals surface area contributed by atoms with Gasteiger partial charge in [-0.2, -0.15) is 0 Å². The Balaban J connectivity index is 2.00. The molecule has 1 aliphatic heterocycles. The SMILES string of the molecule is CC(C)(C)OC(=O)Cc1cnc(N2CCCC(S(C)(=O)=O)C2)nc1.